The molecule has 3 aliphatic rings. The van der Waals surface area contributed by atoms with Gasteiger partial charge in [0.15, 0.2) is 5.65 Å². The van der Waals surface area contributed by atoms with Crippen LogP contribution in [0.2, 0.25) is 0 Å². The van der Waals surface area contributed by atoms with E-state index in [0.29, 0.717) is 43.4 Å². The van der Waals surface area contributed by atoms with Gasteiger partial charge in [-0.05, 0) is 70.1 Å². The molecule has 0 bridgehead atoms. The van der Waals surface area contributed by atoms with Crippen molar-refractivity contribution in [3.63, 3.8) is 0 Å². The molecular formula is C32H39N5O5. The Morgan fingerprint density at radius 3 is 2.50 bits per heavy atom. The summed E-state index contributed by atoms with van der Waals surface area (Å²) >= 11 is 0. The summed E-state index contributed by atoms with van der Waals surface area (Å²) in [4.78, 5) is 32.9. The number of ether oxygens (including phenoxy) is 1. The molecule has 2 fully saturated rings. The van der Waals surface area contributed by atoms with E-state index in [2.05, 4.69) is 17.0 Å². The van der Waals surface area contributed by atoms with E-state index in [1.54, 1.807) is 9.58 Å². The van der Waals surface area contributed by atoms with Gasteiger partial charge in [0.2, 0.25) is 5.91 Å². The van der Waals surface area contributed by atoms with Gasteiger partial charge in [-0.15, -0.1) is 0 Å². The molecule has 2 aliphatic carbocycles. The van der Waals surface area contributed by atoms with Gasteiger partial charge in [0, 0.05) is 24.6 Å². The maximum absolute atomic E-state index is 13.3. The molecule has 6 rings (SSSR count). The number of rotatable bonds is 6. The van der Waals surface area contributed by atoms with Crippen LogP contribution >= 0.6 is 0 Å². The van der Waals surface area contributed by atoms with Gasteiger partial charge in [0.25, 0.3) is 5.56 Å². The van der Waals surface area contributed by atoms with E-state index >= 15 is 0 Å². The maximum Gasteiger partial charge on any atom is 0.264 e. The molecule has 0 radical (unpaired) electrons. The predicted molar refractivity (Wildman–Crippen MR) is 158 cm³/mol. The van der Waals surface area contributed by atoms with Crippen LogP contribution in [0, 0.1) is 12.8 Å². The van der Waals surface area contributed by atoms with Crippen LogP contribution in [-0.2, 0) is 16.1 Å². The predicted octanol–water partition coefficient (Wildman–Crippen LogP) is 3.41. The fraction of sp³-hybridized carbons (Fsp3) is 0.500. The number of piperidine rings is 1. The van der Waals surface area contributed by atoms with Crippen molar-refractivity contribution in [3.8, 4) is 5.69 Å². The molecule has 10 heteroatoms. The number of carbonyl (C=O) groups is 1. The molecule has 10 nitrogen and oxygen atoms in total. The third-order valence-corrected chi connectivity index (χ3v) is 8.96. The quantitative estimate of drug-likeness (QED) is 0.463. The van der Waals surface area contributed by atoms with Crippen molar-refractivity contribution in [1.82, 2.24) is 24.2 Å². The fourth-order valence-electron chi connectivity index (χ4n) is 6.26. The Hall–Kier alpha value is -3.76. The minimum Gasteiger partial charge on any atom is -0.494 e. The molecule has 2 aromatic heterocycles. The number of amides is 1. The van der Waals surface area contributed by atoms with Gasteiger partial charge in [-0.25, -0.2) is 9.67 Å². The van der Waals surface area contributed by atoms with Gasteiger partial charge in [0.05, 0.1) is 42.0 Å². The molecule has 222 valence electrons. The van der Waals surface area contributed by atoms with E-state index < -0.39 is 5.60 Å². The molecule has 1 amide bonds. The second-order valence-corrected chi connectivity index (χ2v) is 12.2. The summed E-state index contributed by atoms with van der Waals surface area (Å²) in [6.07, 6.45) is 11.3. The van der Waals surface area contributed by atoms with Crippen molar-refractivity contribution < 1.29 is 19.7 Å². The molecule has 2 N–H and O–H groups in total. The molecule has 3 aromatic rings. The Morgan fingerprint density at radius 1 is 1.10 bits per heavy atom. The number of fused-ring (bicyclic) bond motifs is 1. The minimum atomic E-state index is -1.12. The van der Waals surface area contributed by atoms with Gasteiger partial charge in [-0.1, -0.05) is 30.7 Å². The Kier molecular flexibility index (Phi) is 7.76. The summed E-state index contributed by atoms with van der Waals surface area (Å²) in [7, 11) is 0. The lowest BCUT2D eigenvalue weighted by Gasteiger charge is -2.39. The zero-order chi connectivity index (χ0) is 29.4. The molecule has 42 heavy (non-hydrogen) atoms. The molecule has 1 saturated carbocycles. The molecule has 1 aromatic carbocycles. The van der Waals surface area contributed by atoms with E-state index in [1.165, 1.54) is 17.1 Å². The van der Waals surface area contributed by atoms with E-state index in [-0.39, 0.29) is 36.1 Å². The van der Waals surface area contributed by atoms with Crippen molar-refractivity contribution in [3.05, 3.63) is 76.2 Å². The van der Waals surface area contributed by atoms with Crippen molar-refractivity contribution in [2.45, 2.75) is 83.1 Å². The average molecular weight is 574 g/mol. The topological polar surface area (TPSA) is 123 Å². The number of benzene rings is 1. The first-order valence-corrected chi connectivity index (χ1v) is 15.0. The van der Waals surface area contributed by atoms with Gasteiger partial charge < -0.3 is 19.8 Å². The average Bonchev–Trinajstić information content (AvgIpc) is 3.42. The first kappa shape index (κ1) is 28.4. The summed E-state index contributed by atoms with van der Waals surface area (Å²) in [5, 5.41) is 25.9. The first-order chi connectivity index (χ1) is 20.2. The molecule has 1 atom stereocenters. The largest absolute Gasteiger partial charge is 0.494 e. The highest BCUT2D eigenvalue weighted by Gasteiger charge is 2.36. The number of hydrogen-bond acceptors (Lipinski definition) is 7. The summed E-state index contributed by atoms with van der Waals surface area (Å²) in [5.41, 5.74) is 1.80. The van der Waals surface area contributed by atoms with Crippen LogP contribution in [0.4, 0.5) is 0 Å². The van der Waals surface area contributed by atoms with Gasteiger partial charge >= 0.3 is 0 Å². The number of nitrogens with zero attached hydrogens (tertiary/aromatic N) is 5. The normalized spacial score (nSPS) is 24.3. The number of aliphatic hydroxyl groups is 2. The Labute approximate surface area is 244 Å². The highest BCUT2D eigenvalue weighted by atomic mass is 16.5. The number of carbonyl (C=O) groups excluding carboxylic acids is 1. The molecular weight excluding hydrogens is 534 g/mol. The zero-order valence-electron chi connectivity index (χ0n) is 24.3. The second-order valence-electron chi connectivity index (χ2n) is 12.2. The van der Waals surface area contributed by atoms with Crippen LogP contribution in [0.1, 0.15) is 57.4 Å². The lowest BCUT2D eigenvalue weighted by atomic mass is 9.89. The Morgan fingerprint density at radius 2 is 1.81 bits per heavy atom. The highest BCUT2D eigenvalue weighted by molar-refractivity contribution is 5.94. The second kappa shape index (κ2) is 11.5. The summed E-state index contributed by atoms with van der Waals surface area (Å²) < 4.78 is 9.32. The molecule has 1 aliphatic heterocycles. The van der Waals surface area contributed by atoms with Crippen molar-refractivity contribution in [1.29, 1.82) is 0 Å². The number of aromatic nitrogens is 4. The fourth-order valence-corrected chi connectivity index (χ4v) is 6.26. The SMILES string of the molecule is Cc1ccc(-n2ncc3c(=O)n(CC4(O)CCN(C(=O)C5=CC=C(OC6CCC(O)CC6)C(C)C5)CC4)cnc32)cc1. The molecule has 0 spiro atoms. The lowest BCUT2D eigenvalue weighted by molar-refractivity contribution is -0.132. The van der Waals surface area contributed by atoms with Gasteiger partial charge in [-0.3, -0.25) is 14.2 Å². The number of hydrogen-bond donors (Lipinski definition) is 2. The standard InChI is InChI=1S/C32H39N5O5/c1-21-3-6-24(7-4-21)37-29-27(18-34-37)31(40)36(20-33-29)19-32(41)13-15-35(16-14-32)30(39)23-5-12-28(22(2)17-23)42-26-10-8-25(38)9-11-26/h3-7,12,18,20,22,25-26,38,41H,8-11,13-17,19H2,1-2H3. The van der Waals surface area contributed by atoms with E-state index in [0.717, 1.165) is 48.3 Å². The van der Waals surface area contributed by atoms with Gasteiger partial charge in [-0.2, -0.15) is 5.10 Å². The third kappa shape index (κ3) is 5.78. The maximum atomic E-state index is 13.3. The van der Waals surface area contributed by atoms with Crippen LogP contribution in [0.3, 0.4) is 0 Å². The number of aliphatic hydroxyl groups excluding tert-OH is 1. The van der Waals surface area contributed by atoms with Crippen molar-refractivity contribution >= 4 is 16.9 Å². The van der Waals surface area contributed by atoms with Crippen LogP contribution < -0.4 is 5.56 Å². The zero-order valence-corrected chi connectivity index (χ0v) is 24.3. The van der Waals surface area contributed by atoms with Gasteiger partial charge in [0.1, 0.15) is 11.7 Å². The third-order valence-electron chi connectivity index (χ3n) is 8.96. The number of allylic oxidation sites excluding steroid dienone is 3. The summed E-state index contributed by atoms with van der Waals surface area (Å²) in [5.74, 6) is 0.998. The van der Waals surface area contributed by atoms with E-state index in [9.17, 15) is 19.8 Å². The Bertz CT molecular complexity index is 1570. The van der Waals surface area contributed by atoms with Crippen molar-refractivity contribution in [2.75, 3.05) is 13.1 Å². The smallest absolute Gasteiger partial charge is 0.264 e. The van der Waals surface area contributed by atoms with Crippen LogP contribution in [0.5, 0.6) is 0 Å². The number of likely N-dealkylation sites (tertiary alicyclic amines) is 1. The minimum absolute atomic E-state index is 0.0104. The Balaban J connectivity index is 1.08. The summed E-state index contributed by atoms with van der Waals surface area (Å²) in [6.45, 7) is 5.01. The van der Waals surface area contributed by atoms with Crippen LogP contribution in [-0.4, -0.2) is 71.3 Å². The van der Waals surface area contributed by atoms with E-state index in [1.807, 2.05) is 43.3 Å². The highest BCUT2D eigenvalue weighted by Crippen LogP contribution is 2.32. The molecule has 3 heterocycles. The van der Waals surface area contributed by atoms with Crippen LogP contribution in [0.25, 0.3) is 16.7 Å². The first-order valence-electron chi connectivity index (χ1n) is 15.0. The van der Waals surface area contributed by atoms with Crippen LogP contribution in [0.15, 0.2) is 65.1 Å². The number of aryl methyl sites for hydroxylation is 1. The lowest BCUT2D eigenvalue weighted by Crippen LogP contribution is -2.50. The van der Waals surface area contributed by atoms with E-state index in [4.69, 9.17) is 4.74 Å². The van der Waals surface area contributed by atoms with Crippen molar-refractivity contribution in [2.24, 2.45) is 5.92 Å². The molecule has 1 saturated heterocycles. The molecule has 1 unspecified atom stereocenters. The monoisotopic (exact) mass is 573 g/mol. The summed E-state index contributed by atoms with van der Waals surface area (Å²) in [6, 6.07) is 7.83.